The molecule has 0 radical (unpaired) electrons. The number of nitriles is 1. The SMILES string of the molecule is N#Cc1cnc(C(=O)O)c(F)c1. The number of carbonyl (C=O) groups is 1. The van der Waals surface area contributed by atoms with E-state index < -0.39 is 17.5 Å². The zero-order chi connectivity index (χ0) is 9.14. The Kier molecular flexibility index (Phi) is 2.01. The first-order chi connectivity index (χ1) is 5.65. The van der Waals surface area contributed by atoms with Crippen LogP contribution in [0.1, 0.15) is 16.1 Å². The van der Waals surface area contributed by atoms with Gasteiger partial charge in [0.2, 0.25) is 0 Å². The van der Waals surface area contributed by atoms with Crippen LogP contribution in [0.3, 0.4) is 0 Å². The largest absolute Gasteiger partial charge is 0.476 e. The maximum absolute atomic E-state index is 12.7. The number of halogens is 1. The number of aromatic carboxylic acids is 1. The number of carboxylic acids is 1. The fraction of sp³-hybridized carbons (Fsp3) is 0. The van der Waals surface area contributed by atoms with Gasteiger partial charge in [-0.25, -0.2) is 14.2 Å². The molecule has 0 fully saturated rings. The van der Waals surface area contributed by atoms with Crippen molar-refractivity contribution in [2.75, 3.05) is 0 Å². The predicted molar refractivity (Wildman–Crippen MR) is 35.9 cm³/mol. The second-order valence-electron chi connectivity index (χ2n) is 1.97. The number of hydrogen-bond acceptors (Lipinski definition) is 3. The lowest BCUT2D eigenvalue weighted by Gasteiger charge is -1.94. The molecular weight excluding hydrogens is 163 g/mol. The molecule has 0 aromatic carbocycles. The zero-order valence-electron chi connectivity index (χ0n) is 5.78. The van der Waals surface area contributed by atoms with E-state index in [1.165, 1.54) is 0 Å². The molecule has 1 heterocycles. The van der Waals surface area contributed by atoms with Gasteiger partial charge in [0.15, 0.2) is 11.5 Å². The van der Waals surface area contributed by atoms with Crippen LogP contribution in [0, 0.1) is 17.1 Å². The number of nitrogens with zero attached hydrogens (tertiary/aromatic N) is 2. The molecule has 0 saturated carbocycles. The third-order valence-electron chi connectivity index (χ3n) is 1.17. The summed E-state index contributed by atoms with van der Waals surface area (Å²) in [4.78, 5) is 13.5. The monoisotopic (exact) mass is 166 g/mol. The van der Waals surface area contributed by atoms with E-state index in [4.69, 9.17) is 10.4 Å². The molecule has 60 valence electrons. The first-order valence-electron chi connectivity index (χ1n) is 2.94. The Hall–Kier alpha value is -1.96. The van der Waals surface area contributed by atoms with Crippen molar-refractivity contribution >= 4 is 5.97 Å². The van der Waals surface area contributed by atoms with Gasteiger partial charge >= 0.3 is 5.97 Å². The van der Waals surface area contributed by atoms with E-state index in [9.17, 15) is 9.18 Å². The van der Waals surface area contributed by atoms with Crippen LogP contribution in [0.5, 0.6) is 0 Å². The average Bonchev–Trinajstić information content (AvgIpc) is 2.03. The minimum absolute atomic E-state index is 0.00231. The summed E-state index contributed by atoms with van der Waals surface area (Å²) in [6.45, 7) is 0. The second kappa shape index (κ2) is 2.96. The Labute approximate surface area is 66.9 Å². The first-order valence-corrected chi connectivity index (χ1v) is 2.94. The molecule has 0 aliphatic heterocycles. The fourth-order valence-corrected chi connectivity index (χ4v) is 0.656. The molecule has 1 aromatic rings. The standard InChI is InChI=1S/C7H3FN2O2/c8-5-1-4(2-9)3-10-6(5)7(11)12/h1,3H,(H,11,12). The molecule has 0 aliphatic carbocycles. The van der Waals surface area contributed by atoms with E-state index in [0.29, 0.717) is 0 Å². The van der Waals surface area contributed by atoms with Crippen molar-refractivity contribution in [3.05, 3.63) is 29.3 Å². The van der Waals surface area contributed by atoms with E-state index in [1.54, 1.807) is 6.07 Å². The Morgan fingerprint density at radius 1 is 1.75 bits per heavy atom. The molecule has 0 aliphatic rings. The van der Waals surface area contributed by atoms with E-state index in [0.717, 1.165) is 12.3 Å². The molecule has 0 atom stereocenters. The molecule has 0 amide bonds. The minimum Gasteiger partial charge on any atom is -0.476 e. The molecule has 1 rings (SSSR count). The highest BCUT2D eigenvalue weighted by Crippen LogP contribution is 2.05. The van der Waals surface area contributed by atoms with Gasteiger partial charge in [0.05, 0.1) is 5.56 Å². The van der Waals surface area contributed by atoms with Gasteiger partial charge in [0.1, 0.15) is 6.07 Å². The Morgan fingerprint density at radius 2 is 2.42 bits per heavy atom. The summed E-state index contributed by atoms with van der Waals surface area (Å²) in [5.41, 5.74) is -0.675. The normalized spacial score (nSPS) is 9.00. The third-order valence-corrected chi connectivity index (χ3v) is 1.17. The molecule has 1 N–H and O–H groups in total. The van der Waals surface area contributed by atoms with Crippen LogP contribution >= 0.6 is 0 Å². The average molecular weight is 166 g/mol. The molecule has 0 spiro atoms. The highest BCUT2D eigenvalue weighted by molar-refractivity contribution is 5.85. The summed E-state index contributed by atoms with van der Waals surface area (Å²) in [5, 5.41) is 16.6. The number of aromatic nitrogens is 1. The van der Waals surface area contributed by atoms with Gasteiger partial charge in [-0.1, -0.05) is 0 Å². The predicted octanol–water partition coefficient (Wildman–Crippen LogP) is 0.791. The van der Waals surface area contributed by atoms with E-state index in [-0.39, 0.29) is 5.56 Å². The summed E-state index contributed by atoms with van der Waals surface area (Å²) < 4.78 is 12.7. The van der Waals surface area contributed by atoms with Crippen molar-refractivity contribution < 1.29 is 14.3 Å². The van der Waals surface area contributed by atoms with Gasteiger partial charge in [-0.15, -0.1) is 0 Å². The lowest BCUT2D eigenvalue weighted by molar-refractivity contribution is 0.0685. The van der Waals surface area contributed by atoms with Crippen LogP contribution < -0.4 is 0 Å². The summed E-state index contributed by atoms with van der Waals surface area (Å²) >= 11 is 0. The van der Waals surface area contributed by atoms with E-state index in [1.807, 2.05) is 0 Å². The van der Waals surface area contributed by atoms with E-state index >= 15 is 0 Å². The van der Waals surface area contributed by atoms with Crippen LogP contribution in [0.25, 0.3) is 0 Å². The van der Waals surface area contributed by atoms with Gasteiger partial charge in [-0.05, 0) is 6.07 Å². The Bertz CT molecular complexity index is 370. The van der Waals surface area contributed by atoms with Crippen molar-refractivity contribution in [3.8, 4) is 6.07 Å². The maximum Gasteiger partial charge on any atom is 0.357 e. The summed E-state index contributed by atoms with van der Waals surface area (Å²) in [5.74, 6) is -2.45. The highest BCUT2D eigenvalue weighted by atomic mass is 19.1. The molecular formula is C7H3FN2O2. The highest BCUT2D eigenvalue weighted by Gasteiger charge is 2.11. The molecule has 1 aromatic heterocycles. The van der Waals surface area contributed by atoms with Gasteiger partial charge in [-0.3, -0.25) is 0 Å². The van der Waals surface area contributed by atoms with Crippen molar-refractivity contribution in [1.82, 2.24) is 4.98 Å². The van der Waals surface area contributed by atoms with Crippen molar-refractivity contribution in [1.29, 1.82) is 5.26 Å². The molecule has 5 heteroatoms. The topological polar surface area (TPSA) is 74.0 Å². The van der Waals surface area contributed by atoms with Gasteiger partial charge in [-0.2, -0.15) is 5.26 Å². The molecule has 0 unspecified atom stereocenters. The Morgan fingerprint density at radius 3 is 2.83 bits per heavy atom. The van der Waals surface area contributed by atoms with Gasteiger partial charge in [0, 0.05) is 6.20 Å². The maximum atomic E-state index is 12.7. The lowest BCUT2D eigenvalue weighted by Crippen LogP contribution is -2.04. The first kappa shape index (κ1) is 8.14. The number of rotatable bonds is 1. The summed E-state index contributed by atoms with van der Waals surface area (Å²) in [6, 6.07) is 2.47. The Balaban J connectivity index is 3.23. The second-order valence-corrected chi connectivity index (χ2v) is 1.97. The molecule has 0 bridgehead atoms. The molecule has 0 saturated heterocycles. The van der Waals surface area contributed by atoms with Crippen LogP contribution in [0.2, 0.25) is 0 Å². The molecule has 12 heavy (non-hydrogen) atoms. The summed E-state index contributed by atoms with van der Waals surface area (Å²) in [6.07, 6.45) is 1.01. The summed E-state index contributed by atoms with van der Waals surface area (Å²) in [7, 11) is 0. The van der Waals surface area contributed by atoms with E-state index in [2.05, 4.69) is 4.98 Å². The minimum atomic E-state index is -1.45. The number of pyridine rings is 1. The number of hydrogen-bond donors (Lipinski definition) is 1. The number of carboxylic acid groups (broad SMARTS) is 1. The quantitative estimate of drug-likeness (QED) is 0.669. The van der Waals surface area contributed by atoms with Crippen molar-refractivity contribution in [2.45, 2.75) is 0 Å². The smallest absolute Gasteiger partial charge is 0.357 e. The van der Waals surface area contributed by atoms with Crippen LogP contribution in [0.4, 0.5) is 4.39 Å². The van der Waals surface area contributed by atoms with Gasteiger partial charge < -0.3 is 5.11 Å². The van der Waals surface area contributed by atoms with Crippen LogP contribution in [-0.4, -0.2) is 16.1 Å². The van der Waals surface area contributed by atoms with Gasteiger partial charge in [0.25, 0.3) is 0 Å². The third kappa shape index (κ3) is 1.37. The van der Waals surface area contributed by atoms with Crippen molar-refractivity contribution in [3.63, 3.8) is 0 Å². The zero-order valence-corrected chi connectivity index (χ0v) is 5.78. The van der Waals surface area contributed by atoms with Crippen LogP contribution in [0.15, 0.2) is 12.3 Å². The lowest BCUT2D eigenvalue weighted by atomic mass is 10.2. The fourth-order valence-electron chi connectivity index (χ4n) is 0.656. The van der Waals surface area contributed by atoms with Crippen molar-refractivity contribution in [2.24, 2.45) is 0 Å². The molecule has 4 nitrogen and oxygen atoms in total. The van der Waals surface area contributed by atoms with Crippen LogP contribution in [-0.2, 0) is 0 Å².